The smallest absolute Gasteiger partial charge is 0.306 e. The summed E-state index contributed by atoms with van der Waals surface area (Å²) in [6.07, 6.45) is 0.784. The summed E-state index contributed by atoms with van der Waals surface area (Å²) in [5.74, 6) is 0.586. The standard InChI is InChI=1S/C30H28N6O2/c1-3-38-29(37)16-13-24-17-27(22-7-5-4-6-8-22)36(35-24)26-15-14-25-30(20(26)2)34-28(33-25)19-32-23-11-9-21(18-31)10-12-23/h4-12,14-15,17,32H,3,13,16,19H2,1-2H3,(H,33,34). The van der Waals surface area contributed by atoms with Gasteiger partial charge in [0, 0.05) is 23.2 Å². The van der Waals surface area contributed by atoms with Crippen LogP contribution in [0.3, 0.4) is 0 Å². The van der Waals surface area contributed by atoms with E-state index < -0.39 is 0 Å². The third-order valence-corrected chi connectivity index (χ3v) is 6.35. The number of carbonyl (C=O) groups is 1. The largest absolute Gasteiger partial charge is 0.466 e. The second-order valence-electron chi connectivity index (χ2n) is 8.94. The fourth-order valence-corrected chi connectivity index (χ4v) is 4.43. The first-order chi connectivity index (χ1) is 18.6. The molecule has 0 bridgehead atoms. The molecular formula is C30H28N6O2. The molecule has 0 atom stereocenters. The summed E-state index contributed by atoms with van der Waals surface area (Å²) in [5, 5.41) is 17.2. The van der Waals surface area contributed by atoms with E-state index in [1.807, 2.05) is 67.1 Å². The fraction of sp³-hybridized carbons (Fsp3) is 0.200. The molecular weight excluding hydrogens is 476 g/mol. The molecule has 0 saturated heterocycles. The van der Waals surface area contributed by atoms with Crippen LogP contribution in [-0.2, 0) is 22.5 Å². The lowest BCUT2D eigenvalue weighted by Crippen LogP contribution is -2.06. The first-order valence-electron chi connectivity index (χ1n) is 12.6. The number of nitrogens with zero attached hydrogens (tertiary/aromatic N) is 4. The number of carbonyl (C=O) groups excluding carboxylic acids is 1. The van der Waals surface area contributed by atoms with Gasteiger partial charge in [0.1, 0.15) is 5.82 Å². The van der Waals surface area contributed by atoms with E-state index in [4.69, 9.17) is 20.1 Å². The van der Waals surface area contributed by atoms with Crippen LogP contribution in [0.2, 0.25) is 0 Å². The number of nitrogens with one attached hydrogen (secondary N) is 2. The van der Waals surface area contributed by atoms with E-state index in [0.29, 0.717) is 25.1 Å². The van der Waals surface area contributed by atoms with E-state index in [1.54, 1.807) is 12.1 Å². The summed E-state index contributed by atoms with van der Waals surface area (Å²) in [4.78, 5) is 20.2. The Kier molecular flexibility index (Phi) is 7.18. The summed E-state index contributed by atoms with van der Waals surface area (Å²) in [7, 11) is 0. The van der Waals surface area contributed by atoms with E-state index >= 15 is 0 Å². The molecule has 2 heterocycles. The van der Waals surface area contributed by atoms with Crippen LogP contribution in [0, 0.1) is 18.3 Å². The van der Waals surface area contributed by atoms with Crippen molar-refractivity contribution in [2.24, 2.45) is 0 Å². The molecule has 38 heavy (non-hydrogen) atoms. The monoisotopic (exact) mass is 504 g/mol. The third kappa shape index (κ3) is 5.27. The molecule has 5 aromatic rings. The number of esters is 1. The van der Waals surface area contributed by atoms with Crippen molar-refractivity contribution < 1.29 is 9.53 Å². The number of hydrogen-bond acceptors (Lipinski definition) is 6. The molecule has 2 N–H and O–H groups in total. The second kappa shape index (κ2) is 11.0. The van der Waals surface area contributed by atoms with E-state index in [9.17, 15) is 4.79 Å². The van der Waals surface area contributed by atoms with Crippen molar-refractivity contribution in [1.82, 2.24) is 19.7 Å². The van der Waals surface area contributed by atoms with Crippen LogP contribution in [0.15, 0.2) is 72.8 Å². The van der Waals surface area contributed by atoms with E-state index in [0.717, 1.165) is 50.7 Å². The minimum Gasteiger partial charge on any atom is -0.466 e. The average Bonchev–Trinajstić information content (AvgIpc) is 3.57. The summed E-state index contributed by atoms with van der Waals surface area (Å²) < 4.78 is 7.03. The molecule has 3 aromatic carbocycles. The van der Waals surface area contributed by atoms with Crippen molar-refractivity contribution in [2.45, 2.75) is 33.2 Å². The van der Waals surface area contributed by atoms with Crippen molar-refractivity contribution in [3.05, 3.63) is 95.4 Å². The van der Waals surface area contributed by atoms with Gasteiger partial charge in [-0.15, -0.1) is 0 Å². The number of aromatic nitrogens is 4. The summed E-state index contributed by atoms with van der Waals surface area (Å²) in [5.41, 5.74) is 8.10. The van der Waals surface area contributed by atoms with Crippen LogP contribution in [0.5, 0.6) is 0 Å². The highest BCUT2D eigenvalue weighted by Crippen LogP contribution is 2.29. The maximum absolute atomic E-state index is 11.9. The van der Waals surface area contributed by atoms with E-state index in [2.05, 4.69) is 28.5 Å². The van der Waals surface area contributed by atoms with Gasteiger partial charge >= 0.3 is 5.97 Å². The quantitative estimate of drug-likeness (QED) is 0.249. The van der Waals surface area contributed by atoms with Gasteiger partial charge in [-0.25, -0.2) is 9.67 Å². The number of H-pyrrole nitrogens is 1. The van der Waals surface area contributed by atoms with Crippen LogP contribution in [-0.4, -0.2) is 32.3 Å². The van der Waals surface area contributed by atoms with E-state index in [1.165, 1.54) is 0 Å². The highest BCUT2D eigenvalue weighted by atomic mass is 16.5. The number of nitriles is 1. The fourth-order valence-electron chi connectivity index (χ4n) is 4.43. The highest BCUT2D eigenvalue weighted by Gasteiger charge is 2.17. The van der Waals surface area contributed by atoms with Gasteiger partial charge in [0.25, 0.3) is 0 Å². The minimum absolute atomic E-state index is 0.223. The Bertz CT molecular complexity index is 1610. The van der Waals surface area contributed by atoms with Crippen LogP contribution >= 0.6 is 0 Å². The molecule has 190 valence electrons. The number of benzene rings is 3. The number of rotatable bonds is 9. The number of fused-ring (bicyclic) bond motifs is 1. The molecule has 0 fully saturated rings. The Hall–Kier alpha value is -4.90. The Balaban J connectivity index is 1.45. The van der Waals surface area contributed by atoms with Gasteiger partial charge in [0.2, 0.25) is 0 Å². The summed E-state index contributed by atoms with van der Waals surface area (Å²) in [6.45, 7) is 4.74. The van der Waals surface area contributed by atoms with Crippen molar-refractivity contribution in [1.29, 1.82) is 5.26 Å². The molecule has 0 radical (unpaired) electrons. The second-order valence-corrected chi connectivity index (χ2v) is 8.94. The maximum atomic E-state index is 11.9. The molecule has 0 aliphatic rings. The molecule has 0 unspecified atom stereocenters. The molecule has 0 spiro atoms. The molecule has 0 saturated carbocycles. The van der Waals surface area contributed by atoms with Crippen molar-refractivity contribution in [2.75, 3.05) is 11.9 Å². The number of imidazole rings is 1. The van der Waals surface area contributed by atoms with Crippen molar-refractivity contribution >= 4 is 22.7 Å². The third-order valence-electron chi connectivity index (χ3n) is 6.35. The highest BCUT2D eigenvalue weighted by molar-refractivity contribution is 5.83. The zero-order valence-electron chi connectivity index (χ0n) is 21.4. The Morgan fingerprint density at radius 1 is 1.11 bits per heavy atom. The van der Waals surface area contributed by atoms with Gasteiger partial charge in [0.05, 0.1) is 59.3 Å². The molecule has 0 aliphatic heterocycles. The molecule has 5 rings (SSSR count). The lowest BCUT2D eigenvalue weighted by molar-refractivity contribution is -0.143. The van der Waals surface area contributed by atoms with E-state index in [-0.39, 0.29) is 12.4 Å². The first-order valence-corrected chi connectivity index (χ1v) is 12.6. The number of ether oxygens (including phenoxy) is 1. The van der Waals surface area contributed by atoms with Gasteiger partial charge in [-0.05, 0) is 56.3 Å². The lowest BCUT2D eigenvalue weighted by atomic mass is 10.1. The Labute approximate surface area is 220 Å². The molecule has 8 nitrogen and oxygen atoms in total. The van der Waals surface area contributed by atoms with Gasteiger partial charge in [-0.3, -0.25) is 4.79 Å². The zero-order chi connectivity index (χ0) is 26.5. The molecule has 2 aromatic heterocycles. The SMILES string of the molecule is CCOC(=O)CCc1cc(-c2ccccc2)n(-c2ccc3[nH]c(CNc4ccc(C#N)cc4)nc3c2C)n1. The van der Waals surface area contributed by atoms with Gasteiger partial charge in [-0.1, -0.05) is 30.3 Å². The Morgan fingerprint density at radius 3 is 2.63 bits per heavy atom. The zero-order valence-corrected chi connectivity index (χ0v) is 21.4. The average molecular weight is 505 g/mol. The van der Waals surface area contributed by atoms with Crippen molar-refractivity contribution in [3.8, 4) is 23.0 Å². The number of aromatic amines is 1. The normalized spacial score (nSPS) is 10.9. The molecule has 0 aliphatic carbocycles. The number of aryl methyl sites for hydroxylation is 2. The predicted octanol–water partition coefficient (Wildman–Crippen LogP) is 5.70. The van der Waals surface area contributed by atoms with Crippen molar-refractivity contribution in [3.63, 3.8) is 0 Å². The van der Waals surface area contributed by atoms with Gasteiger partial charge in [0.15, 0.2) is 0 Å². The molecule has 8 heteroatoms. The molecule has 0 amide bonds. The topological polar surface area (TPSA) is 109 Å². The summed E-state index contributed by atoms with van der Waals surface area (Å²) in [6, 6.07) is 25.7. The van der Waals surface area contributed by atoms with Crippen LogP contribution in [0.1, 0.15) is 36.0 Å². The van der Waals surface area contributed by atoms with Crippen LogP contribution < -0.4 is 5.32 Å². The predicted molar refractivity (Wildman–Crippen MR) is 147 cm³/mol. The number of anilines is 1. The lowest BCUT2D eigenvalue weighted by Gasteiger charge is -2.11. The van der Waals surface area contributed by atoms with Crippen LogP contribution in [0.25, 0.3) is 28.0 Å². The summed E-state index contributed by atoms with van der Waals surface area (Å²) >= 11 is 0. The van der Waals surface area contributed by atoms with Gasteiger partial charge in [-0.2, -0.15) is 10.4 Å². The first kappa shape index (κ1) is 24.8. The van der Waals surface area contributed by atoms with Crippen LogP contribution in [0.4, 0.5) is 5.69 Å². The number of hydrogen-bond donors (Lipinski definition) is 2. The Morgan fingerprint density at radius 2 is 1.89 bits per heavy atom. The minimum atomic E-state index is -0.223. The maximum Gasteiger partial charge on any atom is 0.306 e. The van der Waals surface area contributed by atoms with Gasteiger partial charge < -0.3 is 15.0 Å².